The molecule has 0 saturated heterocycles. The monoisotopic (exact) mass is 229 g/mol. The maximum absolute atomic E-state index is 4.42. The van der Waals surface area contributed by atoms with Gasteiger partial charge in [-0.25, -0.2) is 4.98 Å². The molecule has 2 rings (SSSR count). The van der Waals surface area contributed by atoms with Crippen molar-refractivity contribution in [1.82, 2.24) is 9.55 Å². The first-order valence-electron chi connectivity index (χ1n) is 6.07. The average Bonchev–Trinajstić information content (AvgIpc) is 2.72. The fourth-order valence-corrected chi connectivity index (χ4v) is 1.98. The van der Waals surface area contributed by atoms with Crippen LogP contribution in [0.2, 0.25) is 0 Å². The second kappa shape index (κ2) is 5.04. The largest absolute Gasteiger partial charge is 0.358 e. The molecule has 1 aromatic carbocycles. The summed E-state index contributed by atoms with van der Waals surface area (Å²) in [6.45, 7) is 4.20. The lowest BCUT2D eigenvalue weighted by atomic mass is 10.1. The van der Waals surface area contributed by atoms with Gasteiger partial charge >= 0.3 is 0 Å². The Morgan fingerprint density at radius 3 is 2.53 bits per heavy atom. The third kappa shape index (κ3) is 2.49. The number of nitrogens with one attached hydrogen (secondary N) is 1. The Hall–Kier alpha value is -1.77. The fraction of sp³-hybridized carbons (Fsp3) is 0.357. The molecular weight excluding hydrogens is 210 g/mol. The van der Waals surface area contributed by atoms with Crippen LogP contribution in [0, 0.1) is 6.92 Å². The standard InChI is InChI=1S/C14H19N3/c1-4-5-12-6-8-13(9-7-12)17-10-11(2)16-14(17)15-3/h6-10H,4-5H2,1-3H3,(H,15,16). The Balaban J connectivity index is 2.32. The Morgan fingerprint density at radius 1 is 1.24 bits per heavy atom. The van der Waals surface area contributed by atoms with Crippen LogP contribution in [-0.2, 0) is 6.42 Å². The molecule has 2 aromatic rings. The quantitative estimate of drug-likeness (QED) is 0.872. The van der Waals surface area contributed by atoms with Gasteiger partial charge in [0.2, 0.25) is 5.95 Å². The van der Waals surface area contributed by atoms with Gasteiger partial charge in [0.25, 0.3) is 0 Å². The van der Waals surface area contributed by atoms with Crippen molar-refractivity contribution in [3.05, 3.63) is 41.7 Å². The number of aromatic nitrogens is 2. The molecule has 90 valence electrons. The Bertz CT molecular complexity index is 483. The highest BCUT2D eigenvalue weighted by Gasteiger charge is 2.05. The lowest BCUT2D eigenvalue weighted by Gasteiger charge is -2.07. The van der Waals surface area contributed by atoms with Gasteiger partial charge < -0.3 is 5.32 Å². The van der Waals surface area contributed by atoms with Gasteiger partial charge in [-0.15, -0.1) is 0 Å². The minimum Gasteiger partial charge on any atom is -0.358 e. The van der Waals surface area contributed by atoms with E-state index < -0.39 is 0 Å². The van der Waals surface area contributed by atoms with Gasteiger partial charge in [-0.05, 0) is 31.0 Å². The van der Waals surface area contributed by atoms with E-state index in [1.54, 1.807) is 0 Å². The predicted molar refractivity (Wildman–Crippen MR) is 71.8 cm³/mol. The summed E-state index contributed by atoms with van der Waals surface area (Å²) in [5.41, 5.74) is 3.56. The van der Waals surface area contributed by atoms with Crippen LogP contribution in [0.3, 0.4) is 0 Å². The van der Waals surface area contributed by atoms with E-state index >= 15 is 0 Å². The van der Waals surface area contributed by atoms with Gasteiger partial charge in [-0.2, -0.15) is 0 Å². The van der Waals surface area contributed by atoms with Crippen molar-refractivity contribution in [1.29, 1.82) is 0 Å². The fourth-order valence-electron chi connectivity index (χ4n) is 1.98. The van der Waals surface area contributed by atoms with Gasteiger partial charge in [-0.1, -0.05) is 25.5 Å². The topological polar surface area (TPSA) is 29.9 Å². The molecule has 1 N–H and O–H groups in total. The number of benzene rings is 1. The molecule has 0 radical (unpaired) electrons. The van der Waals surface area contributed by atoms with E-state index in [1.165, 1.54) is 12.0 Å². The highest BCUT2D eigenvalue weighted by atomic mass is 15.2. The normalized spacial score (nSPS) is 10.5. The zero-order valence-electron chi connectivity index (χ0n) is 10.7. The Labute approximate surface area is 103 Å². The van der Waals surface area contributed by atoms with Gasteiger partial charge in [0.1, 0.15) is 0 Å². The molecule has 0 spiro atoms. The molecule has 0 aliphatic heterocycles. The van der Waals surface area contributed by atoms with Crippen LogP contribution < -0.4 is 5.32 Å². The number of rotatable bonds is 4. The summed E-state index contributed by atoms with van der Waals surface area (Å²) in [7, 11) is 1.89. The smallest absolute Gasteiger partial charge is 0.207 e. The number of nitrogens with zero attached hydrogens (tertiary/aromatic N) is 2. The Morgan fingerprint density at radius 2 is 1.94 bits per heavy atom. The summed E-state index contributed by atoms with van der Waals surface area (Å²) < 4.78 is 2.07. The summed E-state index contributed by atoms with van der Waals surface area (Å²) in [5.74, 6) is 0.880. The predicted octanol–water partition coefficient (Wildman–Crippen LogP) is 3.17. The van der Waals surface area contributed by atoms with Crippen LogP contribution in [0.15, 0.2) is 30.5 Å². The third-order valence-electron chi connectivity index (χ3n) is 2.80. The molecular formula is C14H19N3. The molecule has 0 unspecified atom stereocenters. The second-order valence-electron chi connectivity index (χ2n) is 4.24. The lowest BCUT2D eigenvalue weighted by molar-refractivity contribution is 0.919. The number of anilines is 1. The number of hydrogen-bond acceptors (Lipinski definition) is 2. The van der Waals surface area contributed by atoms with Crippen LogP contribution >= 0.6 is 0 Å². The molecule has 1 aromatic heterocycles. The van der Waals surface area contributed by atoms with Crippen LogP contribution in [0.4, 0.5) is 5.95 Å². The molecule has 17 heavy (non-hydrogen) atoms. The van der Waals surface area contributed by atoms with Crippen molar-refractivity contribution in [3.8, 4) is 5.69 Å². The van der Waals surface area contributed by atoms with Gasteiger partial charge in [0.05, 0.1) is 5.69 Å². The molecule has 0 saturated carbocycles. The van der Waals surface area contributed by atoms with Crippen molar-refractivity contribution in [2.24, 2.45) is 0 Å². The number of hydrogen-bond donors (Lipinski definition) is 1. The van der Waals surface area contributed by atoms with Crippen molar-refractivity contribution in [3.63, 3.8) is 0 Å². The molecule has 0 fully saturated rings. The van der Waals surface area contributed by atoms with E-state index in [-0.39, 0.29) is 0 Å². The van der Waals surface area contributed by atoms with E-state index in [0.717, 1.165) is 23.8 Å². The molecule has 0 aliphatic carbocycles. The zero-order chi connectivity index (χ0) is 12.3. The molecule has 0 atom stereocenters. The first-order chi connectivity index (χ1) is 8.24. The molecule has 3 nitrogen and oxygen atoms in total. The van der Waals surface area contributed by atoms with Crippen LogP contribution in [-0.4, -0.2) is 16.6 Å². The number of imidazole rings is 1. The van der Waals surface area contributed by atoms with Crippen molar-refractivity contribution < 1.29 is 0 Å². The van der Waals surface area contributed by atoms with Gasteiger partial charge in [0, 0.05) is 18.9 Å². The van der Waals surface area contributed by atoms with Crippen LogP contribution in [0.1, 0.15) is 24.6 Å². The lowest BCUT2D eigenvalue weighted by Crippen LogP contribution is -2.00. The third-order valence-corrected chi connectivity index (χ3v) is 2.80. The summed E-state index contributed by atoms with van der Waals surface area (Å²) >= 11 is 0. The van der Waals surface area contributed by atoms with Gasteiger partial charge in [-0.3, -0.25) is 4.57 Å². The van der Waals surface area contributed by atoms with Crippen molar-refractivity contribution in [2.75, 3.05) is 12.4 Å². The maximum atomic E-state index is 4.42. The first kappa shape index (κ1) is 11.7. The van der Waals surface area contributed by atoms with Crippen LogP contribution in [0.25, 0.3) is 5.69 Å². The SMILES string of the molecule is CCCc1ccc(-n2cc(C)nc2NC)cc1. The zero-order valence-corrected chi connectivity index (χ0v) is 10.7. The van der Waals surface area contributed by atoms with E-state index in [0.29, 0.717) is 0 Å². The molecule has 0 aliphatic rings. The Kier molecular flexibility index (Phi) is 3.47. The minimum absolute atomic E-state index is 0.880. The summed E-state index contributed by atoms with van der Waals surface area (Å²) in [4.78, 5) is 4.42. The van der Waals surface area contributed by atoms with Crippen molar-refractivity contribution in [2.45, 2.75) is 26.7 Å². The van der Waals surface area contributed by atoms with Gasteiger partial charge in [0.15, 0.2) is 0 Å². The maximum Gasteiger partial charge on any atom is 0.207 e. The molecule has 0 bridgehead atoms. The van der Waals surface area contributed by atoms with E-state index in [2.05, 4.69) is 46.1 Å². The highest BCUT2D eigenvalue weighted by Crippen LogP contribution is 2.17. The van der Waals surface area contributed by atoms with E-state index in [1.807, 2.05) is 20.2 Å². The van der Waals surface area contributed by atoms with Crippen LogP contribution in [0.5, 0.6) is 0 Å². The summed E-state index contributed by atoms with van der Waals surface area (Å²) in [6, 6.07) is 8.67. The summed E-state index contributed by atoms with van der Waals surface area (Å²) in [6.07, 6.45) is 4.37. The first-order valence-corrected chi connectivity index (χ1v) is 6.07. The summed E-state index contributed by atoms with van der Waals surface area (Å²) in [5, 5.41) is 3.11. The number of aryl methyl sites for hydroxylation is 2. The molecule has 0 amide bonds. The highest BCUT2D eigenvalue weighted by molar-refractivity contribution is 5.43. The second-order valence-corrected chi connectivity index (χ2v) is 4.24. The van der Waals surface area contributed by atoms with E-state index in [4.69, 9.17) is 0 Å². The molecule has 3 heteroatoms. The van der Waals surface area contributed by atoms with Crippen molar-refractivity contribution >= 4 is 5.95 Å². The average molecular weight is 229 g/mol. The molecule has 1 heterocycles. The minimum atomic E-state index is 0.880. The van der Waals surface area contributed by atoms with E-state index in [9.17, 15) is 0 Å².